The number of hydrogen-bond donors (Lipinski definition) is 1. The van der Waals surface area contributed by atoms with Gasteiger partial charge in [-0.15, -0.1) is 0 Å². The highest BCUT2D eigenvalue weighted by Crippen LogP contribution is 2.31. The Morgan fingerprint density at radius 2 is 1.57 bits per heavy atom. The van der Waals surface area contributed by atoms with Gasteiger partial charge in [0.1, 0.15) is 18.3 Å². The van der Waals surface area contributed by atoms with E-state index >= 15 is 0 Å². The molecule has 0 saturated carbocycles. The normalized spacial score (nSPS) is 12.6. The van der Waals surface area contributed by atoms with Crippen molar-refractivity contribution in [3.8, 4) is 5.75 Å². The first-order valence-corrected chi connectivity index (χ1v) is 18.3. The summed E-state index contributed by atoms with van der Waals surface area (Å²) in [5.41, 5.74) is 2.91. The topological polar surface area (TPSA) is 96.0 Å². The molecule has 0 aliphatic rings. The zero-order valence-electron chi connectivity index (χ0n) is 26.8. The Labute approximate surface area is 294 Å². The van der Waals surface area contributed by atoms with E-state index in [2.05, 4.69) is 37.2 Å². The van der Waals surface area contributed by atoms with Gasteiger partial charge in [0.05, 0.1) is 22.2 Å². The van der Waals surface area contributed by atoms with E-state index in [9.17, 15) is 18.0 Å². The quantitative estimate of drug-likeness (QED) is 0.145. The van der Waals surface area contributed by atoms with Crippen molar-refractivity contribution in [2.24, 2.45) is 0 Å². The third-order valence-electron chi connectivity index (χ3n) is 7.83. The van der Waals surface area contributed by atoms with Crippen LogP contribution < -0.4 is 14.4 Å². The summed E-state index contributed by atoms with van der Waals surface area (Å²) in [6.07, 6.45) is 0.950. The number of hydrogen-bond acceptors (Lipinski definition) is 5. The standard InChI is InChI=1S/C36H39Br2N3O5S/c1-5-26(3)39-36(43)33(21-27-10-7-6-8-11-27)40(23-28-12-9-13-29(37)20-28)35(42)24-41(30-16-14-25(2)15-17-30)47(44,45)31-18-19-34(46-4)32(38)22-31/h6-20,22,26,33H,5,21,23-24H2,1-4H3,(H,39,43)/t26-,33-/m0/s1. The number of carbonyl (C=O) groups is 2. The van der Waals surface area contributed by atoms with Crippen molar-refractivity contribution in [1.82, 2.24) is 10.2 Å². The molecule has 0 fully saturated rings. The average Bonchev–Trinajstić information content (AvgIpc) is 3.05. The van der Waals surface area contributed by atoms with Gasteiger partial charge in [-0.05, 0) is 89.8 Å². The van der Waals surface area contributed by atoms with Crippen molar-refractivity contribution in [3.05, 3.63) is 123 Å². The van der Waals surface area contributed by atoms with Crippen LogP contribution in [-0.4, -0.2) is 50.9 Å². The van der Waals surface area contributed by atoms with Crippen LogP contribution in [0.4, 0.5) is 5.69 Å². The number of carbonyl (C=O) groups excluding carboxylic acids is 2. The number of amides is 2. The number of halogens is 2. The van der Waals surface area contributed by atoms with Gasteiger partial charge in [0.25, 0.3) is 10.0 Å². The molecular weight excluding hydrogens is 746 g/mol. The predicted octanol–water partition coefficient (Wildman–Crippen LogP) is 7.28. The fraction of sp³-hybridized carbons (Fsp3) is 0.278. The predicted molar refractivity (Wildman–Crippen MR) is 193 cm³/mol. The molecule has 0 aromatic heterocycles. The lowest BCUT2D eigenvalue weighted by Gasteiger charge is -2.34. The van der Waals surface area contributed by atoms with Crippen LogP contribution in [0.5, 0.6) is 5.75 Å². The van der Waals surface area contributed by atoms with E-state index in [1.807, 2.05) is 75.4 Å². The van der Waals surface area contributed by atoms with E-state index in [0.29, 0.717) is 22.3 Å². The molecular formula is C36H39Br2N3O5S. The van der Waals surface area contributed by atoms with Gasteiger partial charge < -0.3 is 15.0 Å². The van der Waals surface area contributed by atoms with Crippen molar-refractivity contribution in [1.29, 1.82) is 0 Å². The molecule has 0 aliphatic heterocycles. The molecule has 0 heterocycles. The van der Waals surface area contributed by atoms with Gasteiger partial charge in [-0.1, -0.05) is 83.0 Å². The third kappa shape index (κ3) is 9.46. The fourth-order valence-electron chi connectivity index (χ4n) is 5.00. The Kier molecular flexibility index (Phi) is 12.6. The molecule has 2 amide bonds. The van der Waals surface area contributed by atoms with Crippen LogP contribution in [0.3, 0.4) is 0 Å². The molecule has 4 rings (SSSR count). The van der Waals surface area contributed by atoms with Crippen molar-refractivity contribution < 1.29 is 22.7 Å². The summed E-state index contributed by atoms with van der Waals surface area (Å²) < 4.78 is 36.3. The number of nitrogens with one attached hydrogen (secondary N) is 1. The van der Waals surface area contributed by atoms with Crippen LogP contribution in [0.15, 0.2) is 111 Å². The number of rotatable bonds is 14. The zero-order valence-corrected chi connectivity index (χ0v) is 30.8. The number of ether oxygens (including phenoxy) is 1. The molecule has 4 aromatic carbocycles. The number of methoxy groups -OCH3 is 1. The molecule has 248 valence electrons. The smallest absolute Gasteiger partial charge is 0.264 e. The lowest BCUT2D eigenvalue weighted by Crippen LogP contribution is -2.54. The molecule has 2 atom stereocenters. The molecule has 4 aromatic rings. The molecule has 11 heteroatoms. The molecule has 0 spiro atoms. The van der Waals surface area contributed by atoms with E-state index in [1.54, 1.807) is 30.3 Å². The van der Waals surface area contributed by atoms with Gasteiger partial charge in [0.2, 0.25) is 11.8 Å². The minimum atomic E-state index is -4.26. The summed E-state index contributed by atoms with van der Waals surface area (Å²) >= 11 is 6.90. The van der Waals surface area contributed by atoms with Gasteiger partial charge in [0.15, 0.2) is 0 Å². The van der Waals surface area contributed by atoms with Gasteiger partial charge in [-0.3, -0.25) is 13.9 Å². The van der Waals surface area contributed by atoms with Crippen molar-refractivity contribution in [2.45, 2.75) is 57.1 Å². The minimum absolute atomic E-state index is 0.0209. The summed E-state index contributed by atoms with van der Waals surface area (Å²) in [5.74, 6) is -0.365. The molecule has 8 nitrogen and oxygen atoms in total. The molecule has 0 radical (unpaired) electrons. The molecule has 1 N–H and O–H groups in total. The van der Waals surface area contributed by atoms with Crippen LogP contribution >= 0.6 is 31.9 Å². The van der Waals surface area contributed by atoms with Crippen LogP contribution in [-0.2, 0) is 32.6 Å². The van der Waals surface area contributed by atoms with E-state index in [1.165, 1.54) is 24.1 Å². The van der Waals surface area contributed by atoms with E-state index < -0.39 is 28.5 Å². The van der Waals surface area contributed by atoms with Gasteiger partial charge in [-0.25, -0.2) is 8.42 Å². The minimum Gasteiger partial charge on any atom is -0.496 e. The summed E-state index contributed by atoms with van der Waals surface area (Å²) in [5, 5.41) is 3.06. The highest BCUT2D eigenvalue weighted by atomic mass is 79.9. The highest BCUT2D eigenvalue weighted by molar-refractivity contribution is 9.10. The maximum Gasteiger partial charge on any atom is 0.264 e. The van der Waals surface area contributed by atoms with Crippen molar-refractivity contribution in [2.75, 3.05) is 18.0 Å². The highest BCUT2D eigenvalue weighted by Gasteiger charge is 2.35. The number of anilines is 1. The molecule has 0 bridgehead atoms. The maximum atomic E-state index is 14.6. The summed E-state index contributed by atoms with van der Waals surface area (Å²) in [6.45, 7) is 5.34. The van der Waals surface area contributed by atoms with E-state index in [-0.39, 0.29) is 29.8 Å². The lowest BCUT2D eigenvalue weighted by molar-refractivity contribution is -0.140. The Bertz CT molecular complexity index is 1790. The van der Waals surface area contributed by atoms with Crippen LogP contribution in [0, 0.1) is 6.92 Å². The monoisotopic (exact) mass is 783 g/mol. The van der Waals surface area contributed by atoms with Crippen LogP contribution in [0.1, 0.15) is 37.0 Å². The van der Waals surface area contributed by atoms with Gasteiger partial charge >= 0.3 is 0 Å². The number of aryl methyl sites for hydroxylation is 1. The second-order valence-electron chi connectivity index (χ2n) is 11.3. The first kappa shape index (κ1) is 36.2. The van der Waals surface area contributed by atoms with Gasteiger partial charge in [-0.2, -0.15) is 0 Å². The second-order valence-corrected chi connectivity index (χ2v) is 15.0. The first-order valence-electron chi connectivity index (χ1n) is 15.2. The number of sulfonamides is 1. The SMILES string of the molecule is CC[C@H](C)NC(=O)[C@H](Cc1ccccc1)N(Cc1cccc(Br)c1)C(=O)CN(c1ccc(C)cc1)S(=O)(=O)c1ccc(OC)c(Br)c1. The number of nitrogens with zero attached hydrogens (tertiary/aromatic N) is 2. The molecule has 0 saturated heterocycles. The van der Waals surface area contributed by atoms with E-state index in [4.69, 9.17) is 4.74 Å². The largest absolute Gasteiger partial charge is 0.496 e. The maximum absolute atomic E-state index is 14.6. The molecule has 0 unspecified atom stereocenters. The Hall–Kier alpha value is -3.67. The summed E-state index contributed by atoms with van der Waals surface area (Å²) in [7, 11) is -2.76. The van der Waals surface area contributed by atoms with Crippen molar-refractivity contribution in [3.63, 3.8) is 0 Å². The summed E-state index contributed by atoms with van der Waals surface area (Å²) in [6, 6.07) is 27.3. The lowest BCUT2D eigenvalue weighted by atomic mass is 10.0. The Morgan fingerprint density at radius 3 is 2.19 bits per heavy atom. The van der Waals surface area contributed by atoms with Gasteiger partial charge in [0, 0.05) is 23.5 Å². The Balaban J connectivity index is 1.82. The molecule has 0 aliphatic carbocycles. The Morgan fingerprint density at radius 1 is 0.894 bits per heavy atom. The number of benzene rings is 4. The summed E-state index contributed by atoms with van der Waals surface area (Å²) in [4.78, 5) is 30.1. The molecule has 47 heavy (non-hydrogen) atoms. The fourth-order valence-corrected chi connectivity index (χ4v) is 7.58. The van der Waals surface area contributed by atoms with Crippen molar-refractivity contribution >= 4 is 59.4 Å². The van der Waals surface area contributed by atoms with Crippen LogP contribution in [0.2, 0.25) is 0 Å². The zero-order chi connectivity index (χ0) is 34.1. The third-order valence-corrected chi connectivity index (χ3v) is 10.7. The van der Waals surface area contributed by atoms with E-state index in [0.717, 1.165) is 25.5 Å². The average molecular weight is 786 g/mol. The first-order chi connectivity index (χ1) is 22.4. The second kappa shape index (κ2) is 16.4. The van der Waals surface area contributed by atoms with Crippen LogP contribution in [0.25, 0.3) is 0 Å².